The zero-order valence-electron chi connectivity index (χ0n) is 19.6. The number of halogens is 2. The Labute approximate surface area is 203 Å². The highest BCUT2D eigenvalue weighted by atomic mass is 31.2. The van der Waals surface area contributed by atoms with Crippen molar-refractivity contribution in [3.05, 3.63) is 71.8 Å². The minimum Gasteiger partial charge on any atom is -0.394 e. The van der Waals surface area contributed by atoms with Crippen LogP contribution in [-0.4, -0.2) is 59.8 Å². The number of alkyl halides is 2. The number of hydrogen-bond acceptors (Lipinski definition) is 8. The zero-order valence-corrected chi connectivity index (χ0v) is 20.5. The molecule has 35 heavy (non-hydrogen) atoms. The molecule has 2 N–H and O–H groups in total. The molecule has 1 aliphatic heterocycles. The molecule has 0 radical (unpaired) electrons. The van der Waals surface area contributed by atoms with Gasteiger partial charge in [-0.15, -0.1) is 0 Å². The normalized spacial score (nSPS) is 25.1. The SMILES string of the molecule is CCOP(=O)(OCC)C(F)(F)C1(O)O[C@H](CO)[C@@H](OCc2ccccc2)[C@@H]1OCc1ccccc1. The first-order valence-electron chi connectivity index (χ1n) is 11.3. The molecule has 11 heteroatoms. The van der Waals surface area contributed by atoms with Crippen LogP contribution in [0.4, 0.5) is 8.78 Å². The van der Waals surface area contributed by atoms with E-state index >= 15 is 8.78 Å². The lowest BCUT2D eigenvalue weighted by atomic mass is 10.0. The third-order valence-electron chi connectivity index (χ3n) is 5.49. The largest absolute Gasteiger partial charge is 0.405 e. The van der Waals surface area contributed by atoms with Crippen molar-refractivity contribution in [2.45, 2.75) is 56.8 Å². The second-order valence-electron chi connectivity index (χ2n) is 7.89. The van der Waals surface area contributed by atoms with Gasteiger partial charge in [-0.05, 0) is 25.0 Å². The van der Waals surface area contributed by atoms with Gasteiger partial charge in [0.1, 0.15) is 18.3 Å². The van der Waals surface area contributed by atoms with Gasteiger partial charge in [0.05, 0.1) is 33.0 Å². The molecule has 1 saturated heterocycles. The molecule has 8 nitrogen and oxygen atoms in total. The highest BCUT2D eigenvalue weighted by molar-refractivity contribution is 7.55. The van der Waals surface area contributed by atoms with E-state index in [1.807, 2.05) is 6.07 Å². The Morgan fingerprint density at radius 2 is 1.43 bits per heavy atom. The molecule has 1 fully saturated rings. The second-order valence-corrected chi connectivity index (χ2v) is 9.96. The third-order valence-corrected chi connectivity index (χ3v) is 7.70. The highest BCUT2D eigenvalue weighted by Gasteiger charge is 2.76. The third kappa shape index (κ3) is 5.81. The smallest absolute Gasteiger partial charge is 0.394 e. The molecule has 1 heterocycles. The van der Waals surface area contributed by atoms with Gasteiger partial charge in [0.2, 0.25) is 0 Å². The van der Waals surface area contributed by atoms with Crippen LogP contribution in [0.1, 0.15) is 25.0 Å². The summed E-state index contributed by atoms with van der Waals surface area (Å²) in [4.78, 5) is 0. The average Bonchev–Trinajstić information content (AvgIpc) is 3.15. The van der Waals surface area contributed by atoms with Gasteiger partial charge in [0, 0.05) is 0 Å². The Bertz CT molecular complexity index is 955. The van der Waals surface area contributed by atoms with E-state index < -0.39 is 44.0 Å². The van der Waals surface area contributed by atoms with E-state index in [1.54, 1.807) is 54.6 Å². The maximum Gasteiger partial charge on any atom is 0.405 e. The van der Waals surface area contributed by atoms with Crippen LogP contribution in [0, 0.1) is 0 Å². The van der Waals surface area contributed by atoms with Crippen LogP contribution in [0.3, 0.4) is 0 Å². The van der Waals surface area contributed by atoms with E-state index in [9.17, 15) is 14.8 Å². The lowest BCUT2D eigenvalue weighted by Gasteiger charge is -2.38. The summed E-state index contributed by atoms with van der Waals surface area (Å²) < 4.78 is 71.4. The lowest BCUT2D eigenvalue weighted by molar-refractivity contribution is -0.317. The molecule has 0 aliphatic carbocycles. The number of ether oxygens (including phenoxy) is 3. The molecule has 194 valence electrons. The van der Waals surface area contributed by atoms with Gasteiger partial charge >= 0.3 is 13.3 Å². The molecule has 4 atom stereocenters. The number of aliphatic hydroxyl groups is 2. The first kappa shape index (κ1) is 27.8. The Hall–Kier alpha value is -1.75. The van der Waals surface area contributed by atoms with E-state index in [0.717, 1.165) is 5.56 Å². The maximum absolute atomic E-state index is 15.9. The quantitative estimate of drug-likeness (QED) is 0.384. The van der Waals surface area contributed by atoms with Gasteiger partial charge in [0.25, 0.3) is 5.79 Å². The van der Waals surface area contributed by atoms with Crippen molar-refractivity contribution < 1.29 is 46.8 Å². The van der Waals surface area contributed by atoms with E-state index in [1.165, 1.54) is 13.8 Å². The summed E-state index contributed by atoms with van der Waals surface area (Å²) in [5.74, 6) is -3.49. The Kier molecular flexibility index (Phi) is 9.53. The van der Waals surface area contributed by atoms with Crippen LogP contribution in [0.15, 0.2) is 60.7 Å². The van der Waals surface area contributed by atoms with Crippen molar-refractivity contribution >= 4 is 7.60 Å². The highest BCUT2D eigenvalue weighted by Crippen LogP contribution is 2.68. The molecule has 3 rings (SSSR count). The fraction of sp³-hybridized carbons (Fsp3) is 0.500. The van der Waals surface area contributed by atoms with Crippen molar-refractivity contribution in [1.82, 2.24) is 0 Å². The van der Waals surface area contributed by atoms with Crippen LogP contribution in [0.25, 0.3) is 0 Å². The van der Waals surface area contributed by atoms with Gasteiger partial charge in [-0.1, -0.05) is 60.7 Å². The molecule has 0 amide bonds. The van der Waals surface area contributed by atoms with Gasteiger partial charge < -0.3 is 33.5 Å². The number of aliphatic hydroxyl groups excluding tert-OH is 1. The predicted octanol–water partition coefficient (Wildman–Crippen LogP) is 4.10. The number of hydrogen-bond donors (Lipinski definition) is 2. The molecule has 0 bridgehead atoms. The lowest BCUT2D eigenvalue weighted by Crippen LogP contribution is -2.58. The summed E-state index contributed by atoms with van der Waals surface area (Å²) in [7, 11) is -5.24. The van der Waals surface area contributed by atoms with Gasteiger partial charge in [-0.3, -0.25) is 4.57 Å². The van der Waals surface area contributed by atoms with Crippen molar-refractivity contribution in [3.8, 4) is 0 Å². The van der Waals surface area contributed by atoms with Crippen molar-refractivity contribution in [1.29, 1.82) is 0 Å². The van der Waals surface area contributed by atoms with Crippen LogP contribution in [-0.2, 0) is 41.0 Å². The molecule has 2 aromatic rings. The average molecular weight is 516 g/mol. The standard InChI is InChI=1S/C24H31F2O8P/c1-3-32-35(29,33-4-2)24(25,26)23(28)22(31-17-19-13-9-6-10-14-19)21(20(15-27)34-23)30-16-18-11-7-5-8-12-18/h5-14,20-22,27-28H,3-4,15-17H2,1-2H3/t20-,21-,22+,23?/m1/s1. The van der Waals surface area contributed by atoms with Crippen LogP contribution in [0.5, 0.6) is 0 Å². The van der Waals surface area contributed by atoms with Crippen molar-refractivity contribution in [3.63, 3.8) is 0 Å². The molecular weight excluding hydrogens is 485 g/mol. The Morgan fingerprint density at radius 3 is 1.89 bits per heavy atom. The van der Waals surface area contributed by atoms with E-state index in [4.69, 9.17) is 23.3 Å². The Morgan fingerprint density at radius 1 is 0.943 bits per heavy atom. The first-order chi connectivity index (χ1) is 16.7. The fourth-order valence-electron chi connectivity index (χ4n) is 3.83. The monoisotopic (exact) mass is 516 g/mol. The summed E-state index contributed by atoms with van der Waals surface area (Å²) in [6.45, 7) is 1.01. The topological polar surface area (TPSA) is 104 Å². The number of rotatable bonds is 13. The molecule has 1 unspecified atom stereocenters. The van der Waals surface area contributed by atoms with Crippen molar-refractivity contribution in [2.75, 3.05) is 19.8 Å². The summed E-state index contributed by atoms with van der Waals surface area (Å²) in [6.07, 6.45) is -4.60. The Balaban J connectivity index is 1.98. The summed E-state index contributed by atoms with van der Waals surface area (Å²) in [5, 5.41) is 21.2. The van der Waals surface area contributed by atoms with Gasteiger partial charge in [0.15, 0.2) is 0 Å². The van der Waals surface area contributed by atoms with Crippen LogP contribution >= 0.6 is 7.60 Å². The number of benzene rings is 2. The predicted molar refractivity (Wildman–Crippen MR) is 123 cm³/mol. The van der Waals surface area contributed by atoms with Crippen LogP contribution < -0.4 is 0 Å². The molecular formula is C24H31F2O8P. The van der Waals surface area contributed by atoms with Gasteiger partial charge in [-0.25, -0.2) is 0 Å². The molecule has 0 spiro atoms. The molecule has 0 aromatic heterocycles. The van der Waals surface area contributed by atoms with E-state index in [0.29, 0.717) is 5.56 Å². The summed E-state index contributed by atoms with van der Waals surface area (Å²) in [5.41, 5.74) is -3.21. The minimum absolute atomic E-state index is 0.0349. The molecule has 2 aromatic carbocycles. The maximum atomic E-state index is 15.9. The first-order valence-corrected chi connectivity index (χ1v) is 12.9. The van der Waals surface area contributed by atoms with Crippen LogP contribution in [0.2, 0.25) is 0 Å². The summed E-state index contributed by atoms with van der Waals surface area (Å²) in [6, 6.07) is 17.6. The van der Waals surface area contributed by atoms with E-state index in [2.05, 4.69) is 0 Å². The van der Waals surface area contributed by atoms with E-state index in [-0.39, 0.29) is 26.4 Å². The van der Waals surface area contributed by atoms with Gasteiger partial charge in [-0.2, -0.15) is 8.78 Å². The molecule has 1 aliphatic rings. The second kappa shape index (κ2) is 12.0. The van der Waals surface area contributed by atoms with Crippen molar-refractivity contribution in [2.24, 2.45) is 0 Å². The fourth-order valence-corrected chi connectivity index (χ4v) is 5.48. The minimum atomic E-state index is -5.24. The zero-order chi connectivity index (χ0) is 25.5. The summed E-state index contributed by atoms with van der Waals surface area (Å²) >= 11 is 0. The molecule has 0 saturated carbocycles.